The van der Waals surface area contributed by atoms with E-state index in [4.69, 9.17) is 4.74 Å². The highest BCUT2D eigenvalue weighted by atomic mass is 16.5. The molecule has 0 aromatic heterocycles. The molecule has 2 heteroatoms. The van der Waals surface area contributed by atoms with Gasteiger partial charge in [0.05, 0.1) is 6.61 Å². The van der Waals surface area contributed by atoms with Gasteiger partial charge in [-0.3, -0.25) is 0 Å². The fourth-order valence-corrected chi connectivity index (χ4v) is 2.08. The highest BCUT2D eigenvalue weighted by Crippen LogP contribution is 2.21. The predicted molar refractivity (Wildman–Crippen MR) is 63.3 cm³/mol. The van der Waals surface area contributed by atoms with Crippen LogP contribution in [0.1, 0.15) is 17.5 Å². The lowest BCUT2D eigenvalue weighted by Crippen LogP contribution is -2.15. The van der Waals surface area contributed by atoms with Crippen LogP contribution in [0.15, 0.2) is 18.2 Å². The number of hydrogen-bond donors (Lipinski definition) is 1. The first-order valence-corrected chi connectivity index (χ1v) is 5.65. The molecule has 2 nitrogen and oxygen atoms in total. The van der Waals surface area contributed by atoms with E-state index in [1.807, 2.05) is 0 Å². The van der Waals surface area contributed by atoms with Crippen LogP contribution >= 0.6 is 0 Å². The lowest BCUT2D eigenvalue weighted by atomic mass is 10.1. The standard InChI is InChI=1S/C13H19NO/c1-10-4-3-5-11(2)13(10)14-8-12-6-7-15-9-12/h3-5,12,14H,6-9H2,1-2H3. The number of rotatable bonds is 3. The Balaban J connectivity index is 1.97. The summed E-state index contributed by atoms with van der Waals surface area (Å²) in [6.07, 6.45) is 1.19. The first-order chi connectivity index (χ1) is 7.27. The summed E-state index contributed by atoms with van der Waals surface area (Å²) < 4.78 is 5.37. The predicted octanol–water partition coefficient (Wildman–Crippen LogP) is 2.75. The van der Waals surface area contributed by atoms with Crippen molar-refractivity contribution in [2.45, 2.75) is 20.3 Å². The Bertz CT molecular complexity index is 309. The van der Waals surface area contributed by atoms with Gasteiger partial charge in [-0.1, -0.05) is 18.2 Å². The van der Waals surface area contributed by atoms with Crippen LogP contribution in [0.3, 0.4) is 0 Å². The number of benzene rings is 1. The van der Waals surface area contributed by atoms with Crippen LogP contribution in [0.5, 0.6) is 0 Å². The minimum Gasteiger partial charge on any atom is -0.384 e. The Hall–Kier alpha value is -1.02. The van der Waals surface area contributed by atoms with Crippen LogP contribution in [0.2, 0.25) is 0 Å². The summed E-state index contributed by atoms with van der Waals surface area (Å²) in [6, 6.07) is 6.41. The van der Waals surface area contributed by atoms with E-state index in [0.29, 0.717) is 5.92 Å². The maximum Gasteiger partial charge on any atom is 0.0511 e. The van der Waals surface area contributed by atoms with Gasteiger partial charge in [-0.25, -0.2) is 0 Å². The number of aryl methyl sites for hydroxylation is 2. The van der Waals surface area contributed by atoms with Crippen molar-refractivity contribution in [2.75, 3.05) is 25.1 Å². The zero-order valence-electron chi connectivity index (χ0n) is 9.55. The number of nitrogens with one attached hydrogen (secondary N) is 1. The number of ether oxygens (including phenoxy) is 1. The monoisotopic (exact) mass is 205 g/mol. The Morgan fingerprint density at radius 2 is 2.07 bits per heavy atom. The van der Waals surface area contributed by atoms with Gasteiger partial charge in [-0.05, 0) is 31.4 Å². The smallest absolute Gasteiger partial charge is 0.0511 e. The molecule has 2 rings (SSSR count). The first-order valence-electron chi connectivity index (χ1n) is 5.65. The molecular weight excluding hydrogens is 186 g/mol. The summed E-state index contributed by atoms with van der Waals surface area (Å²) in [6.45, 7) is 7.18. The van der Waals surface area contributed by atoms with Gasteiger partial charge in [0, 0.05) is 24.8 Å². The molecule has 0 amide bonds. The van der Waals surface area contributed by atoms with Crippen LogP contribution in [0, 0.1) is 19.8 Å². The second kappa shape index (κ2) is 4.67. The summed E-state index contributed by atoms with van der Waals surface area (Å²) in [5, 5.41) is 3.54. The average Bonchev–Trinajstić information content (AvgIpc) is 2.70. The number of hydrogen-bond acceptors (Lipinski definition) is 2. The molecule has 1 heterocycles. The van der Waals surface area contributed by atoms with Gasteiger partial charge < -0.3 is 10.1 Å². The normalized spacial score (nSPS) is 20.5. The molecule has 1 N–H and O–H groups in total. The van der Waals surface area contributed by atoms with Crippen molar-refractivity contribution in [3.63, 3.8) is 0 Å². The Kier molecular flexibility index (Phi) is 3.27. The van der Waals surface area contributed by atoms with Crippen molar-refractivity contribution in [3.05, 3.63) is 29.3 Å². The molecule has 1 aliphatic rings. The molecule has 1 aliphatic heterocycles. The Morgan fingerprint density at radius 1 is 1.33 bits per heavy atom. The van der Waals surface area contributed by atoms with E-state index < -0.39 is 0 Å². The van der Waals surface area contributed by atoms with Gasteiger partial charge in [-0.2, -0.15) is 0 Å². The molecule has 0 radical (unpaired) electrons. The SMILES string of the molecule is Cc1cccc(C)c1NCC1CCOC1. The quantitative estimate of drug-likeness (QED) is 0.819. The number of anilines is 1. The molecule has 0 spiro atoms. The molecular formula is C13H19NO. The molecule has 1 atom stereocenters. The molecule has 15 heavy (non-hydrogen) atoms. The lowest BCUT2D eigenvalue weighted by molar-refractivity contribution is 0.187. The van der Waals surface area contributed by atoms with Crippen molar-refractivity contribution < 1.29 is 4.74 Å². The minimum atomic E-state index is 0.684. The van der Waals surface area contributed by atoms with Gasteiger partial charge >= 0.3 is 0 Å². The third-order valence-corrected chi connectivity index (χ3v) is 3.07. The van der Waals surface area contributed by atoms with E-state index >= 15 is 0 Å². The first kappa shape index (κ1) is 10.5. The van der Waals surface area contributed by atoms with Crippen molar-refractivity contribution in [2.24, 2.45) is 5.92 Å². The molecule has 0 aliphatic carbocycles. The molecule has 1 fully saturated rings. The summed E-state index contributed by atoms with van der Waals surface area (Å²) in [5.41, 5.74) is 3.95. The highest BCUT2D eigenvalue weighted by Gasteiger charge is 2.15. The van der Waals surface area contributed by atoms with E-state index in [1.54, 1.807) is 0 Å². The van der Waals surface area contributed by atoms with Crippen molar-refractivity contribution >= 4 is 5.69 Å². The molecule has 0 bridgehead atoms. The maximum atomic E-state index is 5.37. The van der Waals surface area contributed by atoms with E-state index in [0.717, 1.165) is 19.8 Å². The summed E-state index contributed by atoms with van der Waals surface area (Å²) in [4.78, 5) is 0. The van der Waals surface area contributed by atoms with Gasteiger partial charge in [0.25, 0.3) is 0 Å². The molecule has 1 saturated heterocycles. The zero-order valence-corrected chi connectivity index (χ0v) is 9.55. The van der Waals surface area contributed by atoms with Crippen LogP contribution in [0.4, 0.5) is 5.69 Å². The average molecular weight is 205 g/mol. The topological polar surface area (TPSA) is 21.3 Å². The van der Waals surface area contributed by atoms with Crippen molar-refractivity contribution in [3.8, 4) is 0 Å². The van der Waals surface area contributed by atoms with Crippen molar-refractivity contribution in [1.29, 1.82) is 0 Å². The second-order valence-corrected chi connectivity index (χ2v) is 4.38. The summed E-state index contributed by atoms with van der Waals surface area (Å²) in [7, 11) is 0. The molecule has 1 aromatic rings. The Morgan fingerprint density at radius 3 is 2.67 bits per heavy atom. The van der Waals surface area contributed by atoms with E-state index in [9.17, 15) is 0 Å². The molecule has 1 aromatic carbocycles. The minimum absolute atomic E-state index is 0.684. The fourth-order valence-electron chi connectivity index (χ4n) is 2.08. The summed E-state index contributed by atoms with van der Waals surface area (Å²) >= 11 is 0. The third-order valence-electron chi connectivity index (χ3n) is 3.07. The largest absolute Gasteiger partial charge is 0.384 e. The fraction of sp³-hybridized carbons (Fsp3) is 0.538. The highest BCUT2D eigenvalue weighted by molar-refractivity contribution is 5.56. The van der Waals surface area contributed by atoms with E-state index in [2.05, 4.69) is 37.4 Å². The summed E-state index contributed by atoms with van der Waals surface area (Å²) in [5.74, 6) is 0.684. The number of para-hydroxylation sites is 1. The van der Waals surface area contributed by atoms with Crippen LogP contribution in [-0.4, -0.2) is 19.8 Å². The van der Waals surface area contributed by atoms with Crippen molar-refractivity contribution in [1.82, 2.24) is 0 Å². The van der Waals surface area contributed by atoms with E-state index in [-0.39, 0.29) is 0 Å². The Labute approximate surface area is 91.6 Å². The van der Waals surface area contributed by atoms with Crippen LogP contribution < -0.4 is 5.32 Å². The zero-order chi connectivity index (χ0) is 10.7. The van der Waals surface area contributed by atoms with Gasteiger partial charge in [0.15, 0.2) is 0 Å². The molecule has 82 valence electrons. The third kappa shape index (κ3) is 2.51. The maximum absolute atomic E-state index is 5.37. The van der Waals surface area contributed by atoms with Gasteiger partial charge in [-0.15, -0.1) is 0 Å². The second-order valence-electron chi connectivity index (χ2n) is 4.38. The van der Waals surface area contributed by atoms with Gasteiger partial charge in [0.1, 0.15) is 0 Å². The van der Waals surface area contributed by atoms with Crippen LogP contribution in [-0.2, 0) is 4.74 Å². The van der Waals surface area contributed by atoms with E-state index in [1.165, 1.54) is 23.2 Å². The van der Waals surface area contributed by atoms with Crippen LogP contribution in [0.25, 0.3) is 0 Å². The molecule has 0 saturated carbocycles. The molecule has 1 unspecified atom stereocenters. The lowest BCUT2D eigenvalue weighted by Gasteiger charge is -2.15. The van der Waals surface area contributed by atoms with Gasteiger partial charge in [0.2, 0.25) is 0 Å².